The average Bonchev–Trinajstić information content (AvgIpc) is 3.24. The average molecular weight is 366 g/mol. The predicted octanol–water partition coefficient (Wildman–Crippen LogP) is 1.68. The van der Waals surface area contributed by atoms with Crippen LogP contribution in [0.4, 0.5) is 0 Å². The topological polar surface area (TPSA) is 64.4 Å². The third-order valence-corrected chi connectivity index (χ3v) is 5.38. The Labute approximate surface area is 152 Å². The van der Waals surface area contributed by atoms with Gasteiger partial charge in [-0.05, 0) is 26.0 Å². The summed E-state index contributed by atoms with van der Waals surface area (Å²) >= 11 is 6.15. The van der Waals surface area contributed by atoms with Crippen LogP contribution >= 0.6 is 11.6 Å². The third-order valence-electron chi connectivity index (χ3n) is 5.08. The molecule has 0 spiro atoms. The van der Waals surface area contributed by atoms with E-state index in [2.05, 4.69) is 24.8 Å². The number of fused-ring (bicyclic) bond motifs is 1. The van der Waals surface area contributed by atoms with E-state index in [0.717, 1.165) is 56.7 Å². The van der Waals surface area contributed by atoms with Crippen LogP contribution in [0.5, 0.6) is 0 Å². The molecule has 2 aromatic heterocycles. The highest BCUT2D eigenvalue weighted by Crippen LogP contribution is 2.32. The highest BCUT2D eigenvalue weighted by atomic mass is 35.5. The maximum atomic E-state index is 6.34. The summed E-state index contributed by atoms with van der Waals surface area (Å²) in [5.74, 6) is 0. The summed E-state index contributed by atoms with van der Waals surface area (Å²) < 4.78 is 14.0. The Kier molecular flexibility index (Phi) is 5.19. The second kappa shape index (κ2) is 7.55. The lowest BCUT2D eigenvalue weighted by molar-refractivity contribution is -0.0519. The molecule has 3 unspecified atom stereocenters. The molecule has 2 aromatic rings. The Morgan fingerprint density at radius 1 is 1.36 bits per heavy atom. The van der Waals surface area contributed by atoms with Crippen LogP contribution in [0.1, 0.15) is 19.1 Å². The summed E-state index contributed by atoms with van der Waals surface area (Å²) in [7, 11) is 1.99. The number of morpholine rings is 1. The molecule has 0 amide bonds. The second-order valence-electron chi connectivity index (χ2n) is 6.70. The van der Waals surface area contributed by atoms with Gasteiger partial charge in [-0.25, -0.2) is 9.97 Å². The van der Waals surface area contributed by atoms with Crippen molar-refractivity contribution in [1.82, 2.24) is 24.8 Å². The van der Waals surface area contributed by atoms with Crippen molar-refractivity contribution >= 4 is 22.6 Å². The first-order chi connectivity index (χ1) is 12.3. The molecule has 0 saturated carbocycles. The molecule has 4 rings (SSSR count). The van der Waals surface area contributed by atoms with Gasteiger partial charge in [0.2, 0.25) is 0 Å². The molecule has 2 aliphatic heterocycles. The van der Waals surface area contributed by atoms with E-state index in [4.69, 9.17) is 21.1 Å². The van der Waals surface area contributed by atoms with Crippen LogP contribution in [-0.2, 0) is 9.47 Å². The predicted molar refractivity (Wildman–Crippen MR) is 95.8 cm³/mol. The first-order valence-electron chi connectivity index (χ1n) is 8.85. The molecule has 3 atom stereocenters. The molecule has 1 N–H and O–H groups in total. The number of ether oxygens (including phenoxy) is 2. The number of nitrogens with zero attached hydrogens (tertiary/aromatic N) is 4. The van der Waals surface area contributed by atoms with Gasteiger partial charge in [0.25, 0.3) is 0 Å². The lowest BCUT2D eigenvalue weighted by Crippen LogP contribution is -2.52. The molecule has 8 heteroatoms. The normalized spacial score (nSPS) is 28.0. The molecule has 0 radical (unpaired) electrons. The van der Waals surface area contributed by atoms with Gasteiger partial charge in [0, 0.05) is 31.9 Å². The van der Waals surface area contributed by atoms with E-state index >= 15 is 0 Å². The smallest absolute Gasteiger partial charge is 0.146 e. The third kappa shape index (κ3) is 3.52. The van der Waals surface area contributed by atoms with Gasteiger partial charge in [-0.15, -0.1) is 0 Å². The van der Waals surface area contributed by atoms with Gasteiger partial charge in [0.05, 0.1) is 24.7 Å². The second-order valence-corrected chi connectivity index (χ2v) is 7.05. The lowest BCUT2D eigenvalue weighted by Gasteiger charge is -2.36. The van der Waals surface area contributed by atoms with Gasteiger partial charge in [0.1, 0.15) is 23.4 Å². The molecule has 0 bridgehead atoms. The molecule has 25 heavy (non-hydrogen) atoms. The van der Waals surface area contributed by atoms with Gasteiger partial charge in [-0.2, -0.15) is 0 Å². The summed E-state index contributed by atoms with van der Waals surface area (Å²) in [5, 5.41) is 4.62. The van der Waals surface area contributed by atoms with Crippen LogP contribution < -0.4 is 5.32 Å². The number of hydrogen-bond donors (Lipinski definition) is 1. The van der Waals surface area contributed by atoms with Gasteiger partial charge < -0.3 is 19.4 Å². The Morgan fingerprint density at radius 3 is 3.16 bits per heavy atom. The van der Waals surface area contributed by atoms with Gasteiger partial charge >= 0.3 is 0 Å². The summed E-state index contributed by atoms with van der Waals surface area (Å²) in [5.41, 5.74) is 0.838. The maximum Gasteiger partial charge on any atom is 0.146 e. The van der Waals surface area contributed by atoms with E-state index in [0.29, 0.717) is 11.2 Å². The fourth-order valence-corrected chi connectivity index (χ4v) is 4.00. The van der Waals surface area contributed by atoms with Crippen molar-refractivity contribution in [2.45, 2.75) is 31.2 Å². The van der Waals surface area contributed by atoms with Crippen LogP contribution in [0, 0.1) is 0 Å². The minimum Gasteiger partial charge on any atom is -0.378 e. The molecule has 0 aliphatic carbocycles. The van der Waals surface area contributed by atoms with Gasteiger partial charge in [-0.1, -0.05) is 11.6 Å². The highest BCUT2D eigenvalue weighted by Gasteiger charge is 2.32. The summed E-state index contributed by atoms with van der Waals surface area (Å²) in [6.45, 7) is 4.43. The number of aromatic nitrogens is 3. The molecule has 7 nitrogen and oxygen atoms in total. The number of nitrogens with one attached hydrogen (secondary N) is 1. The summed E-state index contributed by atoms with van der Waals surface area (Å²) in [6.07, 6.45) is 5.78. The zero-order valence-corrected chi connectivity index (χ0v) is 15.2. The van der Waals surface area contributed by atoms with Crippen LogP contribution in [-0.4, -0.2) is 71.5 Å². The quantitative estimate of drug-likeness (QED) is 0.813. The minimum absolute atomic E-state index is 0.0113. The fourth-order valence-electron chi connectivity index (χ4n) is 3.81. The zero-order chi connectivity index (χ0) is 17.2. The Bertz CT molecular complexity index is 722. The monoisotopic (exact) mass is 365 g/mol. The van der Waals surface area contributed by atoms with E-state index < -0.39 is 0 Å². The van der Waals surface area contributed by atoms with E-state index in [1.54, 1.807) is 0 Å². The molecular weight excluding hydrogens is 342 g/mol. The van der Waals surface area contributed by atoms with Crippen molar-refractivity contribution in [3.63, 3.8) is 0 Å². The van der Waals surface area contributed by atoms with Crippen molar-refractivity contribution < 1.29 is 9.47 Å². The molecule has 2 fully saturated rings. The van der Waals surface area contributed by atoms with E-state index in [9.17, 15) is 0 Å². The standard InChI is InChI=1S/C17H24ClN5O2/c1-19-8-12-10-24-7-6-22(12)9-13-2-3-15(25-13)23-5-4-14-16(18)20-11-21-17(14)23/h4-5,11-13,15,19H,2-3,6-10H2,1H3. The van der Waals surface area contributed by atoms with Gasteiger partial charge in [-0.3, -0.25) is 4.90 Å². The Hall–Kier alpha value is -1.25. The zero-order valence-electron chi connectivity index (χ0n) is 14.4. The molecule has 136 valence electrons. The lowest BCUT2D eigenvalue weighted by atomic mass is 10.1. The molecule has 2 saturated heterocycles. The first-order valence-corrected chi connectivity index (χ1v) is 9.23. The SMILES string of the molecule is CNCC1COCCN1CC1CCC(n2ccc3c(Cl)ncnc32)O1. The maximum absolute atomic E-state index is 6.34. The Balaban J connectivity index is 1.43. The van der Waals surface area contributed by atoms with Crippen molar-refractivity contribution in [3.05, 3.63) is 23.7 Å². The minimum atomic E-state index is 0.0113. The van der Waals surface area contributed by atoms with Crippen LogP contribution in [0.3, 0.4) is 0 Å². The number of rotatable bonds is 5. The Morgan fingerprint density at radius 2 is 2.28 bits per heavy atom. The van der Waals surface area contributed by atoms with Gasteiger partial charge in [0.15, 0.2) is 0 Å². The van der Waals surface area contributed by atoms with E-state index in [1.165, 1.54) is 6.33 Å². The highest BCUT2D eigenvalue weighted by molar-refractivity contribution is 6.33. The van der Waals surface area contributed by atoms with Crippen LogP contribution in [0.25, 0.3) is 11.0 Å². The van der Waals surface area contributed by atoms with Crippen molar-refractivity contribution in [1.29, 1.82) is 0 Å². The molecule has 2 aliphatic rings. The largest absolute Gasteiger partial charge is 0.378 e. The van der Waals surface area contributed by atoms with Crippen molar-refractivity contribution in [3.8, 4) is 0 Å². The first kappa shape index (κ1) is 17.2. The van der Waals surface area contributed by atoms with Crippen LogP contribution in [0.15, 0.2) is 18.6 Å². The molecule has 0 aromatic carbocycles. The van der Waals surface area contributed by atoms with Crippen molar-refractivity contribution in [2.24, 2.45) is 0 Å². The van der Waals surface area contributed by atoms with Crippen LogP contribution in [0.2, 0.25) is 5.15 Å². The molecule has 4 heterocycles. The number of hydrogen-bond acceptors (Lipinski definition) is 6. The summed E-state index contributed by atoms with van der Waals surface area (Å²) in [4.78, 5) is 10.9. The number of halogens is 1. The number of likely N-dealkylation sites (N-methyl/N-ethyl adjacent to an activating group) is 1. The fraction of sp³-hybridized carbons (Fsp3) is 0.647. The summed E-state index contributed by atoms with van der Waals surface area (Å²) in [6, 6.07) is 2.37. The molecular formula is C17H24ClN5O2. The van der Waals surface area contributed by atoms with Crippen molar-refractivity contribution in [2.75, 3.05) is 39.9 Å². The van der Waals surface area contributed by atoms with E-state index in [-0.39, 0.29) is 12.3 Å². The van der Waals surface area contributed by atoms with E-state index in [1.807, 2.05) is 19.3 Å².